The summed E-state index contributed by atoms with van der Waals surface area (Å²) in [5, 5.41) is 2.75. The predicted molar refractivity (Wildman–Crippen MR) is 96.8 cm³/mol. The van der Waals surface area contributed by atoms with E-state index >= 15 is 0 Å². The Hall–Kier alpha value is -3.09. The summed E-state index contributed by atoms with van der Waals surface area (Å²) in [4.78, 5) is 29.2. The molecule has 26 heavy (non-hydrogen) atoms. The van der Waals surface area contributed by atoms with Crippen LogP contribution < -0.4 is 14.8 Å². The normalized spacial score (nSPS) is 10.1. The summed E-state index contributed by atoms with van der Waals surface area (Å²) in [6, 6.07) is 10.8. The van der Waals surface area contributed by atoms with Gasteiger partial charge < -0.3 is 19.7 Å². The molecule has 1 aromatic carbocycles. The van der Waals surface area contributed by atoms with Gasteiger partial charge in [-0.05, 0) is 42.0 Å². The van der Waals surface area contributed by atoms with E-state index in [0.29, 0.717) is 25.4 Å². The number of methoxy groups -OCH3 is 1. The molecule has 0 unspecified atom stereocenters. The maximum absolute atomic E-state index is 12.1. The first-order chi connectivity index (χ1) is 12.6. The average molecular weight is 357 g/mol. The molecule has 1 heterocycles. The SMILES string of the molecule is COc1ccc(OCCNC(=O)CN(Cc2ccncc2)C(C)=O)cc1. The molecule has 0 atom stereocenters. The van der Waals surface area contributed by atoms with Crippen LogP contribution in [-0.4, -0.2) is 48.5 Å². The van der Waals surface area contributed by atoms with E-state index in [0.717, 1.165) is 11.3 Å². The maximum atomic E-state index is 12.1. The van der Waals surface area contributed by atoms with Gasteiger partial charge in [0, 0.05) is 25.9 Å². The maximum Gasteiger partial charge on any atom is 0.239 e. The van der Waals surface area contributed by atoms with Crippen molar-refractivity contribution in [1.82, 2.24) is 15.2 Å². The van der Waals surface area contributed by atoms with Crippen LogP contribution in [0.15, 0.2) is 48.8 Å². The van der Waals surface area contributed by atoms with Gasteiger partial charge in [0.05, 0.1) is 20.2 Å². The lowest BCUT2D eigenvalue weighted by atomic mass is 10.2. The summed E-state index contributed by atoms with van der Waals surface area (Å²) in [7, 11) is 1.60. The van der Waals surface area contributed by atoms with Crippen LogP contribution in [0, 0.1) is 0 Å². The third-order valence-electron chi connectivity index (χ3n) is 3.65. The van der Waals surface area contributed by atoms with Gasteiger partial charge in [-0.15, -0.1) is 0 Å². The minimum absolute atomic E-state index is 0.000190. The molecule has 0 aliphatic heterocycles. The molecule has 0 saturated heterocycles. The van der Waals surface area contributed by atoms with Crippen molar-refractivity contribution in [3.8, 4) is 11.5 Å². The van der Waals surface area contributed by atoms with E-state index in [-0.39, 0.29) is 18.4 Å². The number of pyridine rings is 1. The third kappa shape index (κ3) is 6.43. The third-order valence-corrected chi connectivity index (χ3v) is 3.65. The summed E-state index contributed by atoms with van der Waals surface area (Å²) in [6.45, 7) is 2.50. The number of aromatic nitrogens is 1. The highest BCUT2D eigenvalue weighted by molar-refractivity contribution is 5.83. The Bertz CT molecular complexity index is 704. The number of benzene rings is 1. The number of rotatable bonds is 9. The number of hydrogen-bond acceptors (Lipinski definition) is 5. The molecule has 0 spiro atoms. The molecule has 2 aromatic rings. The van der Waals surface area contributed by atoms with Crippen LogP contribution in [0.5, 0.6) is 11.5 Å². The highest BCUT2D eigenvalue weighted by Gasteiger charge is 2.13. The number of ether oxygens (including phenoxy) is 2. The van der Waals surface area contributed by atoms with Crippen LogP contribution in [0.4, 0.5) is 0 Å². The zero-order valence-electron chi connectivity index (χ0n) is 15.0. The van der Waals surface area contributed by atoms with E-state index in [9.17, 15) is 9.59 Å². The second-order valence-electron chi connectivity index (χ2n) is 5.60. The smallest absolute Gasteiger partial charge is 0.239 e. The Kier molecular flexibility index (Phi) is 7.42. The fraction of sp³-hybridized carbons (Fsp3) is 0.316. The van der Waals surface area contributed by atoms with Crippen LogP contribution in [0.1, 0.15) is 12.5 Å². The first-order valence-electron chi connectivity index (χ1n) is 8.26. The van der Waals surface area contributed by atoms with Crippen LogP contribution in [0.2, 0.25) is 0 Å². The molecule has 0 saturated carbocycles. The summed E-state index contributed by atoms with van der Waals surface area (Å²) in [6.07, 6.45) is 3.31. The Morgan fingerprint density at radius 2 is 1.73 bits per heavy atom. The van der Waals surface area contributed by atoms with Gasteiger partial charge in [0.2, 0.25) is 11.8 Å². The van der Waals surface area contributed by atoms with Crippen molar-refractivity contribution in [1.29, 1.82) is 0 Å². The number of amides is 2. The fourth-order valence-electron chi connectivity index (χ4n) is 2.25. The summed E-state index contributed by atoms with van der Waals surface area (Å²) in [5.74, 6) is 1.06. The number of carbonyl (C=O) groups is 2. The number of nitrogens with zero attached hydrogens (tertiary/aromatic N) is 2. The Balaban J connectivity index is 1.72. The number of nitrogens with one attached hydrogen (secondary N) is 1. The van der Waals surface area contributed by atoms with Crippen molar-refractivity contribution in [2.24, 2.45) is 0 Å². The highest BCUT2D eigenvalue weighted by atomic mass is 16.5. The van der Waals surface area contributed by atoms with E-state index in [1.807, 2.05) is 12.1 Å². The van der Waals surface area contributed by atoms with Crippen molar-refractivity contribution < 1.29 is 19.1 Å². The first-order valence-corrected chi connectivity index (χ1v) is 8.26. The fourth-order valence-corrected chi connectivity index (χ4v) is 2.25. The van der Waals surface area contributed by atoms with Crippen molar-refractivity contribution in [3.63, 3.8) is 0 Å². The van der Waals surface area contributed by atoms with Crippen molar-refractivity contribution in [2.45, 2.75) is 13.5 Å². The lowest BCUT2D eigenvalue weighted by Gasteiger charge is -2.20. The number of hydrogen-bond donors (Lipinski definition) is 1. The van der Waals surface area contributed by atoms with Crippen molar-refractivity contribution in [3.05, 3.63) is 54.4 Å². The quantitative estimate of drug-likeness (QED) is 0.690. The molecule has 0 bridgehead atoms. The molecule has 138 valence electrons. The molecule has 0 aliphatic carbocycles. The molecule has 7 nitrogen and oxygen atoms in total. The minimum atomic E-state index is -0.229. The topological polar surface area (TPSA) is 80.8 Å². The molecule has 0 radical (unpaired) electrons. The largest absolute Gasteiger partial charge is 0.497 e. The highest BCUT2D eigenvalue weighted by Crippen LogP contribution is 2.16. The first kappa shape index (κ1) is 19.2. The molecule has 0 fully saturated rings. The lowest BCUT2D eigenvalue weighted by molar-refractivity contribution is -0.134. The van der Waals surface area contributed by atoms with Crippen LogP contribution in [0.3, 0.4) is 0 Å². The predicted octanol–water partition coefficient (Wildman–Crippen LogP) is 1.63. The Labute approximate surface area is 152 Å². The van der Waals surface area contributed by atoms with Crippen LogP contribution >= 0.6 is 0 Å². The minimum Gasteiger partial charge on any atom is -0.497 e. The lowest BCUT2D eigenvalue weighted by Crippen LogP contribution is -2.40. The molecular formula is C19H23N3O4. The monoisotopic (exact) mass is 357 g/mol. The number of carbonyl (C=O) groups excluding carboxylic acids is 2. The molecule has 2 amide bonds. The Morgan fingerprint density at radius 3 is 2.35 bits per heavy atom. The second-order valence-corrected chi connectivity index (χ2v) is 5.60. The van der Waals surface area contributed by atoms with Gasteiger partial charge in [-0.25, -0.2) is 0 Å². The molecule has 1 aromatic heterocycles. The van der Waals surface area contributed by atoms with Crippen LogP contribution in [0.25, 0.3) is 0 Å². The standard InChI is InChI=1S/C19H23N3O4/c1-15(23)22(13-16-7-9-20-10-8-16)14-19(24)21-11-12-26-18-5-3-17(25-2)4-6-18/h3-10H,11-14H2,1-2H3,(H,21,24). The van der Waals surface area contributed by atoms with E-state index in [1.54, 1.807) is 43.8 Å². The summed E-state index contributed by atoms with van der Waals surface area (Å²) in [5.41, 5.74) is 0.922. The van der Waals surface area contributed by atoms with Gasteiger partial charge in [-0.1, -0.05) is 0 Å². The second kappa shape index (κ2) is 10.0. The van der Waals surface area contributed by atoms with E-state index < -0.39 is 0 Å². The molecule has 0 aliphatic rings. The molecule has 7 heteroatoms. The van der Waals surface area contributed by atoms with E-state index in [1.165, 1.54) is 11.8 Å². The van der Waals surface area contributed by atoms with E-state index in [4.69, 9.17) is 9.47 Å². The van der Waals surface area contributed by atoms with Gasteiger partial charge in [0.1, 0.15) is 18.1 Å². The molecule has 2 rings (SSSR count). The van der Waals surface area contributed by atoms with Gasteiger partial charge in [-0.2, -0.15) is 0 Å². The zero-order valence-corrected chi connectivity index (χ0v) is 15.0. The van der Waals surface area contributed by atoms with E-state index in [2.05, 4.69) is 10.3 Å². The van der Waals surface area contributed by atoms with Gasteiger partial charge in [0.25, 0.3) is 0 Å². The molecule has 1 N–H and O–H groups in total. The van der Waals surface area contributed by atoms with Gasteiger partial charge in [-0.3, -0.25) is 14.6 Å². The average Bonchev–Trinajstić information content (AvgIpc) is 2.66. The molecular weight excluding hydrogens is 334 g/mol. The summed E-state index contributed by atoms with van der Waals surface area (Å²) < 4.78 is 10.6. The van der Waals surface area contributed by atoms with Crippen molar-refractivity contribution >= 4 is 11.8 Å². The van der Waals surface area contributed by atoms with Gasteiger partial charge in [0.15, 0.2) is 0 Å². The van der Waals surface area contributed by atoms with Crippen LogP contribution in [-0.2, 0) is 16.1 Å². The zero-order chi connectivity index (χ0) is 18.8. The summed E-state index contributed by atoms with van der Waals surface area (Å²) >= 11 is 0. The van der Waals surface area contributed by atoms with Gasteiger partial charge >= 0.3 is 0 Å². The van der Waals surface area contributed by atoms with Crippen molar-refractivity contribution in [2.75, 3.05) is 26.8 Å². The Morgan fingerprint density at radius 1 is 1.08 bits per heavy atom.